The standard InChI is InChI=1S/C9H11ClN2OS2/c10-9-11-7(6-15-9)8(13)12-2-1-4-14-5-3-12/h6H,1-5H2. The second-order valence-corrected chi connectivity index (χ2v) is 5.91. The van der Waals surface area contributed by atoms with E-state index in [1.807, 2.05) is 16.7 Å². The summed E-state index contributed by atoms with van der Waals surface area (Å²) >= 11 is 8.91. The van der Waals surface area contributed by atoms with E-state index in [0.29, 0.717) is 10.2 Å². The number of amides is 1. The zero-order valence-corrected chi connectivity index (χ0v) is 10.5. The summed E-state index contributed by atoms with van der Waals surface area (Å²) < 4.78 is 0.433. The Morgan fingerprint density at radius 3 is 3.07 bits per heavy atom. The molecule has 0 aromatic carbocycles. The number of hydrogen-bond acceptors (Lipinski definition) is 4. The van der Waals surface area contributed by atoms with Gasteiger partial charge in [0, 0.05) is 24.2 Å². The fraction of sp³-hybridized carbons (Fsp3) is 0.556. The van der Waals surface area contributed by atoms with Crippen molar-refractivity contribution in [1.82, 2.24) is 9.88 Å². The Morgan fingerprint density at radius 2 is 2.33 bits per heavy atom. The normalized spacial score (nSPS) is 17.5. The van der Waals surface area contributed by atoms with Crippen LogP contribution in [0.4, 0.5) is 0 Å². The number of aromatic nitrogens is 1. The molecule has 1 aromatic rings. The summed E-state index contributed by atoms with van der Waals surface area (Å²) in [6.07, 6.45) is 1.06. The maximum atomic E-state index is 12.0. The van der Waals surface area contributed by atoms with Gasteiger partial charge in [0.1, 0.15) is 5.69 Å². The lowest BCUT2D eigenvalue weighted by atomic mass is 10.3. The van der Waals surface area contributed by atoms with Crippen LogP contribution in [-0.2, 0) is 0 Å². The quantitative estimate of drug-likeness (QED) is 0.779. The van der Waals surface area contributed by atoms with Crippen LogP contribution in [0, 0.1) is 0 Å². The van der Waals surface area contributed by atoms with Crippen molar-refractivity contribution in [3.05, 3.63) is 15.5 Å². The Hall–Kier alpha value is -0.260. The van der Waals surface area contributed by atoms with Gasteiger partial charge in [0.05, 0.1) is 0 Å². The van der Waals surface area contributed by atoms with Crippen LogP contribution in [0.2, 0.25) is 4.47 Å². The molecule has 0 radical (unpaired) electrons. The number of rotatable bonds is 1. The number of carbonyl (C=O) groups excluding carboxylic acids is 1. The second-order valence-electron chi connectivity index (χ2n) is 3.24. The smallest absolute Gasteiger partial charge is 0.273 e. The molecule has 1 aliphatic rings. The monoisotopic (exact) mass is 262 g/mol. The highest BCUT2D eigenvalue weighted by Crippen LogP contribution is 2.18. The largest absolute Gasteiger partial charge is 0.336 e. The van der Waals surface area contributed by atoms with E-state index in [-0.39, 0.29) is 5.91 Å². The lowest BCUT2D eigenvalue weighted by molar-refractivity contribution is 0.0763. The number of nitrogens with zero attached hydrogens (tertiary/aromatic N) is 2. The van der Waals surface area contributed by atoms with Crippen LogP contribution in [0.15, 0.2) is 5.38 Å². The summed E-state index contributed by atoms with van der Waals surface area (Å²) in [5.41, 5.74) is 0.483. The van der Waals surface area contributed by atoms with Gasteiger partial charge < -0.3 is 4.90 Å². The molecule has 2 heterocycles. The van der Waals surface area contributed by atoms with Crippen LogP contribution in [0.3, 0.4) is 0 Å². The highest BCUT2D eigenvalue weighted by molar-refractivity contribution is 7.99. The number of hydrogen-bond donors (Lipinski definition) is 0. The predicted octanol–water partition coefficient (Wildman–Crippen LogP) is 2.38. The number of carbonyl (C=O) groups is 1. The SMILES string of the molecule is O=C(c1csc(Cl)n1)N1CCCSCC1. The van der Waals surface area contributed by atoms with Crippen molar-refractivity contribution in [2.24, 2.45) is 0 Å². The molecule has 0 N–H and O–H groups in total. The van der Waals surface area contributed by atoms with Crippen LogP contribution in [0.25, 0.3) is 0 Å². The Labute approximate surface area is 102 Å². The highest BCUT2D eigenvalue weighted by Gasteiger charge is 2.19. The molecule has 15 heavy (non-hydrogen) atoms. The third kappa shape index (κ3) is 2.86. The Bertz CT molecular complexity index is 348. The fourth-order valence-electron chi connectivity index (χ4n) is 1.46. The molecule has 1 fully saturated rings. The van der Waals surface area contributed by atoms with Crippen molar-refractivity contribution in [2.75, 3.05) is 24.6 Å². The third-order valence-corrected chi connectivity index (χ3v) is 4.23. The first-order chi connectivity index (χ1) is 7.27. The lowest BCUT2D eigenvalue weighted by Crippen LogP contribution is -2.33. The number of thiazole rings is 1. The van der Waals surface area contributed by atoms with E-state index in [1.54, 1.807) is 5.38 Å². The van der Waals surface area contributed by atoms with Gasteiger partial charge in [-0.3, -0.25) is 4.79 Å². The molecule has 1 saturated heterocycles. The molecule has 0 aliphatic carbocycles. The Kier molecular flexibility index (Phi) is 3.88. The van der Waals surface area contributed by atoms with Gasteiger partial charge in [0.2, 0.25) is 0 Å². The van der Waals surface area contributed by atoms with Crippen molar-refractivity contribution in [3.63, 3.8) is 0 Å². The van der Waals surface area contributed by atoms with Gasteiger partial charge in [-0.2, -0.15) is 11.8 Å². The number of halogens is 1. The Morgan fingerprint density at radius 1 is 1.47 bits per heavy atom. The summed E-state index contributed by atoms with van der Waals surface area (Å²) in [5, 5.41) is 1.72. The van der Waals surface area contributed by atoms with Gasteiger partial charge in [-0.15, -0.1) is 11.3 Å². The van der Waals surface area contributed by atoms with Crippen molar-refractivity contribution in [1.29, 1.82) is 0 Å². The summed E-state index contributed by atoms with van der Waals surface area (Å²) in [6.45, 7) is 1.65. The predicted molar refractivity (Wildman–Crippen MR) is 65.0 cm³/mol. The zero-order chi connectivity index (χ0) is 10.7. The van der Waals surface area contributed by atoms with Crippen LogP contribution in [-0.4, -0.2) is 40.4 Å². The van der Waals surface area contributed by atoms with E-state index in [2.05, 4.69) is 4.98 Å². The van der Waals surface area contributed by atoms with Crippen molar-refractivity contribution >= 4 is 40.6 Å². The maximum Gasteiger partial charge on any atom is 0.273 e. The minimum Gasteiger partial charge on any atom is -0.336 e. The highest BCUT2D eigenvalue weighted by atomic mass is 35.5. The molecule has 0 saturated carbocycles. The van der Waals surface area contributed by atoms with Gasteiger partial charge in [0.15, 0.2) is 4.47 Å². The minimum atomic E-state index is 0.0145. The van der Waals surface area contributed by atoms with Crippen molar-refractivity contribution in [3.8, 4) is 0 Å². The molecule has 1 aromatic heterocycles. The van der Waals surface area contributed by atoms with Crippen LogP contribution in [0.1, 0.15) is 16.9 Å². The van der Waals surface area contributed by atoms with E-state index in [0.717, 1.165) is 31.0 Å². The second kappa shape index (κ2) is 5.18. The first-order valence-electron chi connectivity index (χ1n) is 4.75. The molecular weight excluding hydrogens is 252 g/mol. The van der Waals surface area contributed by atoms with Crippen molar-refractivity contribution in [2.45, 2.75) is 6.42 Å². The Balaban J connectivity index is 2.06. The van der Waals surface area contributed by atoms with Crippen LogP contribution in [0.5, 0.6) is 0 Å². The van der Waals surface area contributed by atoms with Gasteiger partial charge in [0.25, 0.3) is 5.91 Å². The molecule has 82 valence electrons. The maximum absolute atomic E-state index is 12.0. The molecule has 0 bridgehead atoms. The summed E-state index contributed by atoms with van der Waals surface area (Å²) in [5.74, 6) is 2.17. The molecule has 3 nitrogen and oxygen atoms in total. The number of thioether (sulfide) groups is 1. The van der Waals surface area contributed by atoms with Gasteiger partial charge in [-0.05, 0) is 12.2 Å². The summed E-state index contributed by atoms with van der Waals surface area (Å²) in [6, 6.07) is 0. The average Bonchev–Trinajstić information content (AvgIpc) is 2.53. The van der Waals surface area contributed by atoms with Crippen LogP contribution < -0.4 is 0 Å². The molecule has 1 aliphatic heterocycles. The van der Waals surface area contributed by atoms with Crippen molar-refractivity contribution < 1.29 is 4.79 Å². The molecule has 0 atom stereocenters. The molecule has 0 unspecified atom stereocenters. The van der Waals surface area contributed by atoms with Gasteiger partial charge in [-0.25, -0.2) is 4.98 Å². The lowest BCUT2D eigenvalue weighted by Gasteiger charge is -2.18. The van der Waals surface area contributed by atoms with E-state index < -0.39 is 0 Å². The minimum absolute atomic E-state index is 0.0145. The average molecular weight is 263 g/mol. The topological polar surface area (TPSA) is 33.2 Å². The summed E-state index contributed by atoms with van der Waals surface area (Å²) in [7, 11) is 0. The first-order valence-corrected chi connectivity index (χ1v) is 7.16. The first kappa shape index (κ1) is 11.2. The summed E-state index contributed by atoms with van der Waals surface area (Å²) in [4.78, 5) is 17.8. The molecule has 0 spiro atoms. The zero-order valence-electron chi connectivity index (χ0n) is 8.11. The molecule has 6 heteroatoms. The van der Waals surface area contributed by atoms with E-state index in [1.165, 1.54) is 11.3 Å². The third-order valence-electron chi connectivity index (χ3n) is 2.20. The van der Waals surface area contributed by atoms with Crippen LogP contribution >= 0.6 is 34.7 Å². The van der Waals surface area contributed by atoms with Gasteiger partial charge >= 0.3 is 0 Å². The van der Waals surface area contributed by atoms with E-state index >= 15 is 0 Å². The molecule has 1 amide bonds. The molecular formula is C9H11ClN2OS2. The van der Waals surface area contributed by atoms with E-state index in [9.17, 15) is 4.79 Å². The van der Waals surface area contributed by atoms with E-state index in [4.69, 9.17) is 11.6 Å². The fourth-order valence-corrected chi connectivity index (χ4v) is 3.09. The van der Waals surface area contributed by atoms with Gasteiger partial charge in [-0.1, -0.05) is 11.6 Å². The molecule has 2 rings (SSSR count).